The highest BCUT2D eigenvalue weighted by atomic mass is 16.5. The molecule has 2 aliphatic rings. The Morgan fingerprint density at radius 2 is 1.65 bits per heavy atom. The summed E-state index contributed by atoms with van der Waals surface area (Å²) in [6.07, 6.45) is 8.52. The van der Waals surface area contributed by atoms with Gasteiger partial charge < -0.3 is 23.8 Å². The van der Waals surface area contributed by atoms with Crippen LogP contribution in [0.4, 0.5) is 0 Å². The van der Waals surface area contributed by atoms with Crippen molar-refractivity contribution in [3.05, 3.63) is 42.2 Å². The second-order valence-electron chi connectivity index (χ2n) is 8.07. The van der Waals surface area contributed by atoms with Crippen molar-refractivity contribution in [3.63, 3.8) is 0 Å². The minimum atomic E-state index is 0.148. The lowest BCUT2D eigenvalue weighted by Gasteiger charge is -2.39. The fourth-order valence-electron chi connectivity index (χ4n) is 4.97. The number of aryl methyl sites for hydroxylation is 1. The normalized spacial score (nSPS) is 22.2. The molecule has 4 rings (SSSR count). The molecule has 2 aromatic rings. The predicted molar refractivity (Wildman–Crippen MR) is 116 cm³/mol. The van der Waals surface area contributed by atoms with Gasteiger partial charge in [-0.3, -0.25) is 9.78 Å². The monoisotopic (exact) mass is 426 g/mol. The van der Waals surface area contributed by atoms with Crippen molar-refractivity contribution in [3.8, 4) is 23.0 Å². The molecule has 0 saturated carbocycles. The van der Waals surface area contributed by atoms with Crippen LogP contribution < -0.4 is 18.9 Å². The number of rotatable bonds is 8. The summed E-state index contributed by atoms with van der Waals surface area (Å²) in [7, 11) is 4.79. The molecule has 3 heterocycles. The summed E-state index contributed by atoms with van der Waals surface area (Å²) in [4.78, 5) is 19.3. The van der Waals surface area contributed by atoms with Crippen molar-refractivity contribution in [1.29, 1.82) is 0 Å². The van der Waals surface area contributed by atoms with Crippen LogP contribution in [0.2, 0.25) is 0 Å². The van der Waals surface area contributed by atoms with Gasteiger partial charge in [0, 0.05) is 43.7 Å². The molecule has 2 fully saturated rings. The molecule has 0 aliphatic carbocycles. The number of carbonyl (C=O) groups excluding carboxylic acids is 1. The van der Waals surface area contributed by atoms with E-state index in [0.717, 1.165) is 37.0 Å². The fourth-order valence-corrected chi connectivity index (χ4v) is 4.97. The third-order valence-electron chi connectivity index (χ3n) is 6.32. The van der Waals surface area contributed by atoms with E-state index >= 15 is 0 Å². The second-order valence-corrected chi connectivity index (χ2v) is 8.07. The number of ether oxygens (including phenoxy) is 4. The molecule has 1 aromatic heterocycles. The molecule has 166 valence electrons. The minimum absolute atomic E-state index is 0.148. The maximum atomic E-state index is 13.2. The van der Waals surface area contributed by atoms with Crippen LogP contribution in [0.25, 0.3) is 0 Å². The number of aromatic nitrogens is 1. The number of nitrogens with zero attached hydrogens (tertiary/aromatic N) is 2. The standard InChI is InChI=1S/C24H30N2O5/c1-28-21-8-4-16(23(29-2)24(21)30-3)5-9-22(27)26-17-6-7-18(26)15-20(14-17)31-19-10-12-25-13-11-19/h4,8,10-13,17-18,20H,5-7,9,14-15H2,1-3H3. The maximum Gasteiger partial charge on any atom is 0.223 e. The third kappa shape index (κ3) is 4.40. The number of hydrogen-bond acceptors (Lipinski definition) is 6. The smallest absolute Gasteiger partial charge is 0.223 e. The molecule has 31 heavy (non-hydrogen) atoms. The molecule has 1 aromatic carbocycles. The van der Waals surface area contributed by atoms with Crippen LogP contribution in [0, 0.1) is 0 Å². The van der Waals surface area contributed by atoms with Crippen molar-refractivity contribution >= 4 is 5.91 Å². The molecule has 0 radical (unpaired) electrons. The highest BCUT2D eigenvalue weighted by molar-refractivity contribution is 5.78. The van der Waals surface area contributed by atoms with E-state index in [1.54, 1.807) is 33.7 Å². The SMILES string of the molecule is COc1ccc(CCC(=O)N2C3CCC2CC(Oc2ccncc2)C3)c(OC)c1OC. The number of methoxy groups -OCH3 is 3. The summed E-state index contributed by atoms with van der Waals surface area (Å²) >= 11 is 0. The Hall–Kier alpha value is -2.96. The van der Waals surface area contributed by atoms with Crippen molar-refractivity contribution in [2.75, 3.05) is 21.3 Å². The van der Waals surface area contributed by atoms with Gasteiger partial charge in [-0.2, -0.15) is 0 Å². The largest absolute Gasteiger partial charge is 0.493 e. The highest BCUT2D eigenvalue weighted by Gasteiger charge is 2.43. The molecule has 2 unspecified atom stereocenters. The van der Waals surface area contributed by atoms with Gasteiger partial charge in [0.15, 0.2) is 11.5 Å². The first-order chi connectivity index (χ1) is 15.1. The molecule has 2 saturated heterocycles. The second kappa shape index (κ2) is 9.45. The van der Waals surface area contributed by atoms with Crippen LogP contribution in [0.15, 0.2) is 36.7 Å². The Labute approximate surface area is 183 Å². The first-order valence-electron chi connectivity index (χ1n) is 10.8. The van der Waals surface area contributed by atoms with E-state index in [0.29, 0.717) is 30.1 Å². The van der Waals surface area contributed by atoms with Gasteiger partial charge in [-0.1, -0.05) is 6.07 Å². The van der Waals surface area contributed by atoms with Crippen molar-refractivity contribution in [1.82, 2.24) is 9.88 Å². The van der Waals surface area contributed by atoms with Crippen LogP contribution in [0.3, 0.4) is 0 Å². The number of piperidine rings is 1. The quantitative estimate of drug-likeness (QED) is 0.642. The molecular formula is C24H30N2O5. The highest BCUT2D eigenvalue weighted by Crippen LogP contribution is 2.41. The number of benzene rings is 1. The molecular weight excluding hydrogens is 396 g/mol. The number of fused-ring (bicyclic) bond motifs is 2. The molecule has 7 nitrogen and oxygen atoms in total. The lowest BCUT2D eigenvalue weighted by atomic mass is 9.98. The van der Waals surface area contributed by atoms with Crippen LogP contribution >= 0.6 is 0 Å². The molecule has 2 aliphatic heterocycles. The number of carbonyl (C=O) groups is 1. The van der Waals surface area contributed by atoms with Crippen molar-refractivity contribution in [2.24, 2.45) is 0 Å². The van der Waals surface area contributed by atoms with Gasteiger partial charge in [0.1, 0.15) is 11.9 Å². The number of hydrogen-bond donors (Lipinski definition) is 0. The zero-order chi connectivity index (χ0) is 21.8. The molecule has 0 spiro atoms. The predicted octanol–water partition coefficient (Wildman–Crippen LogP) is 3.64. The summed E-state index contributed by atoms with van der Waals surface area (Å²) in [5.74, 6) is 2.85. The van der Waals surface area contributed by atoms with E-state index in [4.69, 9.17) is 18.9 Å². The van der Waals surface area contributed by atoms with Crippen LogP contribution in [-0.4, -0.2) is 55.3 Å². The first-order valence-corrected chi connectivity index (χ1v) is 10.8. The van der Waals surface area contributed by atoms with E-state index in [-0.39, 0.29) is 24.1 Å². The van der Waals surface area contributed by atoms with Gasteiger partial charge in [-0.15, -0.1) is 0 Å². The van der Waals surface area contributed by atoms with Crippen LogP contribution in [-0.2, 0) is 11.2 Å². The molecule has 0 N–H and O–H groups in total. The average molecular weight is 427 g/mol. The molecule has 2 atom stereocenters. The number of pyridine rings is 1. The number of amides is 1. The van der Waals surface area contributed by atoms with Crippen molar-refractivity contribution < 1.29 is 23.7 Å². The van der Waals surface area contributed by atoms with Crippen LogP contribution in [0.5, 0.6) is 23.0 Å². The summed E-state index contributed by atoms with van der Waals surface area (Å²) in [5.41, 5.74) is 0.941. The summed E-state index contributed by atoms with van der Waals surface area (Å²) < 4.78 is 22.5. The van der Waals surface area contributed by atoms with Gasteiger partial charge in [0.05, 0.1) is 21.3 Å². The zero-order valence-corrected chi connectivity index (χ0v) is 18.4. The Bertz CT molecular complexity index is 890. The van der Waals surface area contributed by atoms with E-state index in [2.05, 4.69) is 9.88 Å². The Balaban J connectivity index is 1.39. The minimum Gasteiger partial charge on any atom is -0.493 e. The zero-order valence-electron chi connectivity index (χ0n) is 18.4. The van der Waals surface area contributed by atoms with Gasteiger partial charge in [-0.25, -0.2) is 0 Å². The van der Waals surface area contributed by atoms with Gasteiger partial charge in [0.25, 0.3) is 0 Å². The molecule has 1 amide bonds. The van der Waals surface area contributed by atoms with Gasteiger partial charge in [-0.05, 0) is 43.0 Å². The van der Waals surface area contributed by atoms with Crippen molar-refractivity contribution in [2.45, 2.75) is 56.7 Å². The summed E-state index contributed by atoms with van der Waals surface area (Å²) in [5, 5.41) is 0. The summed E-state index contributed by atoms with van der Waals surface area (Å²) in [6, 6.07) is 8.08. The maximum absolute atomic E-state index is 13.2. The topological polar surface area (TPSA) is 70.1 Å². The fraction of sp³-hybridized carbons (Fsp3) is 0.500. The van der Waals surface area contributed by atoms with E-state index < -0.39 is 0 Å². The van der Waals surface area contributed by atoms with Crippen LogP contribution in [0.1, 0.15) is 37.7 Å². The Morgan fingerprint density at radius 3 is 2.26 bits per heavy atom. The molecule has 2 bridgehead atoms. The average Bonchev–Trinajstić information content (AvgIpc) is 3.07. The van der Waals surface area contributed by atoms with Gasteiger partial charge >= 0.3 is 0 Å². The van der Waals surface area contributed by atoms with E-state index in [1.165, 1.54) is 0 Å². The van der Waals surface area contributed by atoms with Gasteiger partial charge in [0.2, 0.25) is 11.7 Å². The third-order valence-corrected chi connectivity index (χ3v) is 6.32. The Morgan fingerprint density at radius 1 is 0.968 bits per heavy atom. The lowest BCUT2D eigenvalue weighted by Crippen LogP contribution is -2.49. The first kappa shape index (κ1) is 21.3. The van der Waals surface area contributed by atoms with E-state index in [9.17, 15) is 4.79 Å². The Kier molecular flexibility index (Phi) is 6.49. The summed E-state index contributed by atoms with van der Waals surface area (Å²) in [6.45, 7) is 0. The van der Waals surface area contributed by atoms with E-state index in [1.807, 2.05) is 24.3 Å². The lowest BCUT2D eigenvalue weighted by molar-refractivity contribution is -0.137. The molecule has 7 heteroatoms.